The molecule has 0 saturated carbocycles. The number of hydrogen-bond acceptors (Lipinski definition) is 8. The van der Waals surface area contributed by atoms with E-state index in [9.17, 15) is 18.0 Å². The summed E-state index contributed by atoms with van der Waals surface area (Å²) in [6.45, 7) is 4.58. The van der Waals surface area contributed by atoms with Gasteiger partial charge in [0.1, 0.15) is 24.1 Å². The summed E-state index contributed by atoms with van der Waals surface area (Å²) >= 11 is 12.4. The van der Waals surface area contributed by atoms with E-state index >= 15 is 0 Å². The summed E-state index contributed by atoms with van der Waals surface area (Å²) in [7, 11) is 1.15. The van der Waals surface area contributed by atoms with Crippen LogP contribution in [0.3, 0.4) is 0 Å². The Bertz CT molecular complexity index is 1650. The van der Waals surface area contributed by atoms with Gasteiger partial charge < -0.3 is 29.2 Å². The van der Waals surface area contributed by atoms with Crippen molar-refractivity contribution < 1.29 is 37.0 Å². The number of amides is 2. The SMILES string of the molecule is CC[C@@H](C)NC(=O)[C@@H](C)N(Cc1ccc(Cl)c(Cl)c1)C(=O)CN(c1cc(OC)ccc1OC)S(=O)(=O)c1ccc(OC)c(OC)c1. The minimum absolute atomic E-state index is 0.0381. The molecule has 1 N–H and O–H groups in total. The second-order valence-corrected chi connectivity index (χ2v) is 13.0. The van der Waals surface area contributed by atoms with Gasteiger partial charge in [-0.15, -0.1) is 0 Å². The van der Waals surface area contributed by atoms with Gasteiger partial charge >= 0.3 is 0 Å². The van der Waals surface area contributed by atoms with Crippen molar-refractivity contribution in [2.24, 2.45) is 0 Å². The number of rotatable bonds is 15. The molecule has 46 heavy (non-hydrogen) atoms. The van der Waals surface area contributed by atoms with E-state index in [4.69, 9.17) is 42.1 Å². The number of ether oxygens (including phenoxy) is 4. The molecule has 3 rings (SSSR count). The van der Waals surface area contributed by atoms with Crippen LogP contribution in [0.15, 0.2) is 59.5 Å². The number of sulfonamides is 1. The molecule has 0 radical (unpaired) electrons. The van der Waals surface area contributed by atoms with Gasteiger partial charge in [-0.3, -0.25) is 13.9 Å². The maximum atomic E-state index is 14.4. The predicted molar refractivity (Wildman–Crippen MR) is 178 cm³/mol. The predicted octanol–water partition coefficient (Wildman–Crippen LogP) is 5.56. The standard InChI is InChI=1S/C32H39Cl2N3O8S/c1-8-20(2)35-32(39)21(3)36(18-22-9-12-25(33)26(34)15-22)31(38)19-37(27-16-23(42-4)10-13-28(27)43-5)46(40,41)24-11-14-29(44-6)30(17-24)45-7/h9-17,20-21H,8,18-19H2,1-7H3,(H,35,39)/t20-,21-/m1/s1. The van der Waals surface area contributed by atoms with Crippen LogP contribution in [0, 0.1) is 0 Å². The zero-order valence-corrected chi connectivity index (χ0v) is 29.1. The van der Waals surface area contributed by atoms with E-state index in [2.05, 4.69) is 5.32 Å². The van der Waals surface area contributed by atoms with Crippen LogP contribution >= 0.6 is 23.2 Å². The number of benzene rings is 3. The molecule has 0 aliphatic carbocycles. The van der Waals surface area contributed by atoms with E-state index in [1.54, 1.807) is 31.2 Å². The lowest BCUT2D eigenvalue weighted by Gasteiger charge is -2.33. The van der Waals surface area contributed by atoms with Gasteiger partial charge in [0.15, 0.2) is 11.5 Å². The summed E-state index contributed by atoms with van der Waals surface area (Å²) in [6.07, 6.45) is 0.673. The molecule has 3 aromatic carbocycles. The monoisotopic (exact) mass is 695 g/mol. The van der Waals surface area contributed by atoms with Crippen LogP contribution in [0.5, 0.6) is 23.0 Å². The van der Waals surface area contributed by atoms with Crippen molar-refractivity contribution in [1.82, 2.24) is 10.2 Å². The number of anilines is 1. The fourth-order valence-electron chi connectivity index (χ4n) is 4.49. The third kappa shape index (κ3) is 8.48. The van der Waals surface area contributed by atoms with Crippen molar-refractivity contribution in [2.45, 2.75) is 50.7 Å². The highest BCUT2D eigenvalue weighted by Gasteiger charge is 2.35. The molecule has 0 saturated heterocycles. The van der Waals surface area contributed by atoms with Gasteiger partial charge in [0, 0.05) is 24.7 Å². The molecule has 0 aromatic heterocycles. The van der Waals surface area contributed by atoms with E-state index in [-0.39, 0.29) is 39.7 Å². The van der Waals surface area contributed by atoms with Crippen molar-refractivity contribution in [3.63, 3.8) is 0 Å². The highest BCUT2D eigenvalue weighted by Crippen LogP contribution is 2.38. The first kappa shape index (κ1) is 36.6. The third-order valence-corrected chi connectivity index (χ3v) is 9.88. The number of carbonyl (C=O) groups is 2. The van der Waals surface area contributed by atoms with Crippen molar-refractivity contribution in [1.29, 1.82) is 0 Å². The van der Waals surface area contributed by atoms with Crippen molar-refractivity contribution >= 4 is 50.7 Å². The van der Waals surface area contributed by atoms with Crippen molar-refractivity contribution in [3.05, 3.63) is 70.2 Å². The molecular weight excluding hydrogens is 657 g/mol. The van der Waals surface area contributed by atoms with E-state index < -0.39 is 34.4 Å². The Labute approximate surface area is 280 Å². The maximum absolute atomic E-state index is 14.4. The molecular formula is C32H39Cl2N3O8S. The molecule has 250 valence electrons. The maximum Gasteiger partial charge on any atom is 0.265 e. The molecule has 2 atom stereocenters. The Morgan fingerprint density at radius 2 is 1.48 bits per heavy atom. The molecule has 0 unspecified atom stereocenters. The first-order valence-electron chi connectivity index (χ1n) is 14.3. The molecule has 11 nitrogen and oxygen atoms in total. The average molecular weight is 697 g/mol. The van der Waals surface area contributed by atoms with E-state index in [1.165, 1.54) is 63.7 Å². The number of hydrogen-bond donors (Lipinski definition) is 1. The smallest absolute Gasteiger partial charge is 0.265 e. The number of methoxy groups -OCH3 is 4. The number of halogens is 2. The van der Waals surface area contributed by atoms with Gasteiger partial charge in [0.05, 0.1) is 49.1 Å². The quantitative estimate of drug-likeness (QED) is 0.219. The Hall–Kier alpha value is -3.87. The highest BCUT2D eigenvalue weighted by molar-refractivity contribution is 7.92. The minimum atomic E-state index is -4.48. The summed E-state index contributed by atoms with van der Waals surface area (Å²) in [5.74, 6) is -0.107. The van der Waals surface area contributed by atoms with E-state index in [0.717, 1.165) is 4.31 Å². The summed E-state index contributed by atoms with van der Waals surface area (Å²) in [6, 6.07) is 12.4. The van der Waals surface area contributed by atoms with Crippen LogP contribution in [-0.2, 0) is 26.2 Å². The fourth-order valence-corrected chi connectivity index (χ4v) is 6.25. The molecule has 0 fully saturated rings. The first-order valence-corrected chi connectivity index (χ1v) is 16.5. The van der Waals surface area contributed by atoms with Gasteiger partial charge in [-0.05, 0) is 62.2 Å². The van der Waals surface area contributed by atoms with E-state index in [1.807, 2.05) is 13.8 Å². The summed E-state index contributed by atoms with van der Waals surface area (Å²) < 4.78 is 51.3. The van der Waals surface area contributed by atoms with Crippen molar-refractivity contribution in [3.8, 4) is 23.0 Å². The molecule has 0 aliphatic rings. The summed E-state index contributed by atoms with van der Waals surface area (Å²) in [5, 5.41) is 3.48. The second kappa shape index (κ2) is 16.1. The first-order chi connectivity index (χ1) is 21.8. The van der Waals surface area contributed by atoms with Crippen LogP contribution < -0.4 is 28.6 Å². The lowest BCUT2D eigenvalue weighted by Crippen LogP contribution is -2.52. The number of carbonyl (C=O) groups excluding carboxylic acids is 2. The molecule has 3 aromatic rings. The normalized spacial score (nSPS) is 12.5. The zero-order valence-electron chi connectivity index (χ0n) is 26.8. The third-order valence-electron chi connectivity index (χ3n) is 7.38. The van der Waals surface area contributed by atoms with Gasteiger partial charge in [0.2, 0.25) is 11.8 Å². The van der Waals surface area contributed by atoms with Gasteiger partial charge in [0.25, 0.3) is 10.0 Å². The largest absolute Gasteiger partial charge is 0.497 e. The zero-order chi connectivity index (χ0) is 34.2. The number of nitrogens with one attached hydrogen (secondary N) is 1. The Kier molecular flexibility index (Phi) is 12.8. The molecule has 14 heteroatoms. The summed E-state index contributed by atoms with van der Waals surface area (Å²) in [4.78, 5) is 28.7. The topological polar surface area (TPSA) is 124 Å². The Balaban J connectivity index is 2.18. The van der Waals surface area contributed by atoms with Gasteiger partial charge in [-0.2, -0.15) is 0 Å². The van der Waals surface area contributed by atoms with E-state index in [0.29, 0.717) is 28.5 Å². The van der Waals surface area contributed by atoms with Gasteiger partial charge in [-0.25, -0.2) is 8.42 Å². The van der Waals surface area contributed by atoms with Gasteiger partial charge in [-0.1, -0.05) is 36.2 Å². The minimum Gasteiger partial charge on any atom is -0.497 e. The summed E-state index contributed by atoms with van der Waals surface area (Å²) in [5.41, 5.74) is 0.621. The lowest BCUT2D eigenvalue weighted by atomic mass is 10.1. The second-order valence-electron chi connectivity index (χ2n) is 10.3. The lowest BCUT2D eigenvalue weighted by molar-refractivity contribution is -0.139. The molecule has 2 amide bonds. The van der Waals surface area contributed by atoms with Crippen LogP contribution in [0.4, 0.5) is 5.69 Å². The van der Waals surface area contributed by atoms with Crippen LogP contribution in [-0.4, -0.2) is 72.2 Å². The average Bonchev–Trinajstić information content (AvgIpc) is 3.06. The fraction of sp³-hybridized carbons (Fsp3) is 0.375. The van der Waals surface area contributed by atoms with Crippen LogP contribution in [0.2, 0.25) is 10.0 Å². The molecule has 0 heterocycles. The van der Waals surface area contributed by atoms with Crippen LogP contribution in [0.25, 0.3) is 0 Å². The Morgan fingerprint density at radius 3 is 2.07 bits per heavy atom. The molecule has 0 aliphatic heterocycles. The van der Waals surface area contributed by atoms with Crippen LogP contribution in [0.1, 0.15) is 32.8 Å². The molecule has 0 bridgehead atoms. The highest BCUT2D eigenvalue weighted by atomic mass is 35.5. The Morgan fingerprint density at radius 1 is 0.826 bits per heavy atom. The number of nitrogens with zero attached hydrogens (tertiary/aromatic N) is 2. The van der Waals surface area contributed by atoms with Crippen molar-refractivity contribution in [2.75, 3.05) is 39.3 Å². The molecule has 0 spiro atoms.